The Balaban J connectivity index is 0.00000240. The van der Waals surface area contributed by atoms with Crippen LogP contribution in [0.5, 0.6) is 0 Å². The van der Waals surface area contributed by atoms with Crippen LogP contribution in [0.3, 0.4) is 0 Å². The molecule has 152 valence electrons. The smallest absolute Gasteiger partial charge is 0.252 e. The van der Waals surface area contributed by atoms with E-state index >= 15 is 0 Å². The molecule has 2 aromatic carbocycles. The van der Waals surface area contributed by atoms with Crippen LogP contribution in [0.1, 0.15) is 30.1 Å². The lowest BCUT2D eigenvalue weighted by atomic mass is 9.81. The van der Waals surface area contributed by atoms with E-state index in [9.17, 15) is 4.79 Å². The minimum atomic E-state index is -0.0881. The summed E-state index contributed by atoms with van der Waals surface area (Å²) in [6.07, 6.45) is 3.83. The SMILES string of the molecule is CC1(CNC(=O)c2ccccc2-c2ncc(-c3ccccc3)o2)CCNCC1.Cl. The normalized spacial score (nSPS) is 15.3. The van der Waals surface area contributed by atoms with E-state index in [1.807, 2.05) is 54.6 Å². The first-order valence-corrected chi connectivity index (χ1v) is 9.74. The second-order valence-corrected chi connectivity index (χ2v) is 7.68. The average molecular weight is 412 g/mol. The van der Waals surface area contributed by atoms with Crippen molar-refractivity contribution >= 4 is 18.3 Å². The molecule has 1 saturated heterocycles. The maximum Gasteiger partial charge on any atom is 0.252 e. The second-order valence-electron chi connectivity index (χ2n) is 7.68. The van der Waals surface area contributed by atoms with Crippen LogP contribution in [-0.2, 0) is 0 Å². The largest absolute Gasteiger partial charge is 0.436 e. The van der Waals surface area contributed by atoms with Crippen molar-refractivity contribution in [1.29, 1.82) is 0 Å². The molecule has 0 unspecified atom stereocenters. The third-order valence-corrected chi connectivity index (χ3v) is 5.45. The number of benzene rings is 2. The summed E-state index contributed by atoms with van der Waals surface area (Å²) in [6, 6.07) is 17.3. The molecule has 3 aromatic rings. The Morgan fingerprint density at radius 1 is 1.10 bits per heavy atom. The van der Waals surface area contributed by atoms with Crippen LogP contribution >= 0.6 is 12.4 Å². The van der Waals surface area contributed by atoms with E-state index in [-0.39, 0.29) is 23.7 Å². The predicted octanol–water partition coefficient (Wildman–Crippen LogP) is 4.55. The Hall–Kier alpha value is -2.63. The molecule has 0 radical (unpaired) electrons. The molecule has 5 nitrogen and oxygen atoms in total. The maximum atomic E-state index is 12.9. The Morgan fingerprint density at radius 3 is 2.55 bits per heavy atom. The number of aromatic nitrogens is 1. The topological polar surface area (TPSA) is 67.2 Å². The van der Waals surface area contributed by atoms with E-state index < -0.39 is 0 Å². The summed E-state index contributed by atoms with van der Waals surface area (Å²) in [4.78, 5) is 17.3. The van der Waals surface area contributed by atoms with Crippen molar-refractivity contribution in [2.45, 2.75) is 19.8 Å². The van der Waals surface area contributed by atoms with Crippen molar-refractivity contribution in [2.75, 3.05) is 19.6 Å². The van der Waals surface area contributed by atoms with Gasteiger partial charge >= 0.3 is 0 Å². The molecule has 1 aliphatic rings. The highest BCUT2D eigenvalue weighted by molar-refractivity contribution is 6.00. The van der Waals surface area contributed by atoms with Gasteiger partial charge in [-0.05, 0) is 43.5 Å². The first-order chi connectivity index (χ1) is 13.6. The number of nitrogens with zero attached hydrogens (tertiary/aromatic N) is 1. The highest BCUT2D eigenvalue weighted by atomic mass is 35.5. The highest BCUT2D eigenvalue weighted by Crippen LogP contribution is 2.29. The first-order valence-electron chi connectivity index (χ1n) is 9.74. The van der Waals surface area contributed by atoms with Crippen LogP contribution in [0.4, 0.5) is 0 Å². The number of piperidine rings is 1. The van der Waals surface area contributed by atoms with Crippen molar-refractivity contribution < 1.29 is 9.21 Å². The van der Waals surface area contributed by atoms with Crippen LogP contribution in [-0.4, -0.2) is 30.5 Å². The first kappa shape index (κ1) is 21.1. The van der Waals surface area contributed by atoms with E-state index in [2.05, 4.69) is 22.5 Å². The summed E-state index contributed by atoms with van der Waals surface area (Å²) in [5.74, 6) is 1.06. The fourth-order valence-electron chi connectivity index (χ4n) is 3.60. The molecular formula is C23H26ClN3O2. The van der Waals surface area contributed by atoms with E-state index in [1.54, 1.807) is 6.20 Å². The van der Waals surface area contributed by atoms with Crippen LogP contribution in [0.15, 0.2) is 65.2 Å². The molecule has 1 amide bonds. The van der Waals surface area contributed by atoms with Gasteiger partial charge in [-0.2, -0.15) is 0 Å². The summed E-state index contributed by atoms with van der Waals surface area (Å²) in [5, 5.41) is 6.49. The summed E-state index contributed by atoms with van der Waals surface area (Å²) in [5.41, 5.74) is 2.39. The number of oxazole rings is 1. The monoisotopic (exact) mass is 411 g/mol. The predicted molar refractivity (Wildman–Crippen MR) is 117 cm³/mol. The molecule has 29 heavy (non-hydrogen) atoms. The van der Waals surface area contributed by atoms with Gasteiger partial charge in [-0.15, -0.1) is 12.4 Å². The number of carbonyl (C=O) groups excluding carboxylic acids is 1. The molecule has 0 aliphatic carbocycles. The molecule has 1 aromatic heterocycles. The molecule has 0 saturated carbocycles. The van der Waals surface area contributed by atoms with Gasteiger partial charge in [-0.25, -0.2) is 4.98 Å². The van der Waals surface area contributed by atoms with Gasteiger partial charge in [0.25, 0.3) is 5.91 Å². The van der Waals surface area contributed by atoms with Gasteiger partial charge in [0.1, 0.15) is 0 Å². The zero-order valence-corrected chi connectivity index (χ0v) is 17.3. The maximum absolute atomic E-state index is 12.9. The lowest BCUT2D eigenvalue weighted by Crippen LogP contribution is -2.43. The fourth-order valence-corrected chi connectivity index (χ4v) is 3.60. The number of carbonyl (C=O) groups is 1. The number of amides is 1. The second kappa shape index (κ2) is 9.25. The number of hydrogen-bond donors (Lipinski definition) is 2. The Labute approximate surface area is 177 Å². The third-order valence-electron chi connectivity index (χ3n) is 5.45. The zero-order valence-electron chi connectivity index (χ0n) is 16.5. The number of rotatable bonds is 5. The van der Waals surface area contributed by atoms with Crippen molar-refractivity contribution in [3.63, 3.8) is 0 Å². The highest BCUT2D eigenvalue weighted by Gasteiger charge is 2.27. The third kappa shape index (κ3) is 4.86. The van der Waals surface area contributed by atoms with Gasteiger partial charge in [0.05, 0.1) is 11.8 Å². The number of halogens is 1. The Kier molecular flexibility index (Phi) is 6.72. The summed E-state index contributed by atoms with van der Waals surface area (Å²) >= 11 is 0. The molecule has 6 heteroatoms. The molecule has 0 bridgehead atoms. The summed E-state index contributed by atoms with van der Waals surface area (Å²) in [7, 11) is 0. The van der Waals surface area contributed by atoms with E-state index in [0.29, 0.717) is 29.3 Å². The quantitative estimate of drug-likeness (QED) is 0.646. The van der Waals surface area contributed by atoms with Crippen LogP contribution < -0.4 is 10.6 Å². The van der Waals surface area contributed by atoms with Crippen LogP contribution in [0.2, 0.25) is 0 Å². The molecular weight excluding hydrogens is 386 g/mol. The van der Waals surface area contributed by atoms with Gasteiger partial charge in [0.15, 0.2) is 5.76 Å². The molecule has 0 spiro atoms. The van der Waals surface area contributed by atoms with Gasteiger partial charge in [-0.1, -0.05) is 49.4 Å². The molecule has 2 N–H and O–H groups in total. The molecule has 2 heterocycles. The van der Waals surface area contributed by atoms with Crippen molar-refractivity contribution in [3.8, 4) is 22.8 Å². The van der Waals surface area contributed by atoms with Crippen LogP contribution in [0, 0.1) is 5.41 Å². The van der Waals surface area contributed by atoms with Crippen molar-refractivity contribution in [1.82, 2.24) is 15.6 Å². The number of hydrogen-bond acceptors (Lipinski definition) is 4. The van der Waals surface area contributed by atoms with Crippen molar-refractivity contribution in [3.05, 3.63) is 66.4 Å². The minimum Gasteiger partial charge on any atom is -0.436 e. The fraction of sp³-hybridized carbons (Fsp3) is 0.304. The molecule has 1 fully saturated rings. The molecule has 4 rings (SSSR count). The molecule has 1 aliphatic heterocycles. The van der Waals surface area contributed by atoms with Gasteiger partial charge < -0.3 is 15.1 Å². The average Bonchev–Trinajstić information content (AvgIpc) is 3.23. The van der Waals surface area contributed by atoms with Gasteiger partial charge in [-0.3, -0.25) is 4.79 Å². The Bertz CT molecular complexity index is 950. The number of nitrogens with one attached hydrogen (secondary N) is 2. The van der Waals surface area contributed by atoms with Crippen LogP contribution in [0.25, 0.3) is 22.8 Å². The minimum absolute atomic E-state index is 0. The van der Waals surface area contributed by atoms with E-state index in [0.717, 1.165) is 31.5 Å². The zero-order chi connectivity index (χ0) is 19.4. The van der Waals surface area contributed by atoms with E-state index in [1.165, 1.54) is 0 Å². The Morgan fingerprint density at radius 2 is 1.79 bits per heavy atom. The standard InChI is InChI=1S/C23H25N3O2.ClH/c1-23(11-13-24-14-12-23)16-26-21(27)18-9-5-6-10-19(18)22-25-15-20(28-22)17-7-3-2-4-8-17;/h2-10,15,24H,11-14,16H2,1H3,(H,26,27);1H. The van der Waals surface area contributed by atoms with Gasteiger partial charge in [0.2, 0.25) is 5.89 Å². The summed E-state index contributed by atoms with van der Waals surface area (Å²) in [6.45, 7) is 4.91. The lowest BCUT2D eigenvalue weighted by molar-refractivity contribution is 0.0922. The molecule has 0 atom stereocenters. The van der Waals surface area contributed by atoms with Crippen molar-refractivity contribution in [2.24, 2.45) is 5.41 Å². The van der Waals surface area contributed by atoms with E-state index in [4.69, 9.17) is 4.42 Å². The van der Waals surface area contributed by atoms with Gasteiger partial charge in [0, 0.05) is 17.7 Å². The lowest BCUT2D eigenvalue weighted by Gasteiger charge is -2.34. The summed E-state index contributed by atoms with van der Waals surface area (Å²) < 4.78 is 5.96.